The van der Waals surface area contributed by atoms with Gasteiger partial charge in [0.05, 0.1) is 256 Å². The van der Waals surface area contributed by atoms with Gasteiger partial charge in [0.25, 0.3) is 0 Å². The lowest BCUT2D eigenvalue weighted by Gasteiger charge is -2.42. The van der Waals surface area contributed by atoms with Gasteiger partial charge < -0.3 is 156 Å². The van der Waals surface area contributed by atoms with Crippen LogP contribution in [0.1, 0.15) is 108 Å². The van der Waals surface area contributed by atoms with E-state index in [-0.39, 0.29) is 183 Å². The predicted molar refractivity (Wildman–Crippen MR) is 423 cm³/mol. The third-order valence-corrected chi connectivity index (χ3v) is 21.0. The lowest BCUT2D eigenvalue weighted by Crippen LogP contribution is -2.66. The van der Waals surface area contributed by atoms with Gasteiger partial charge in [0.15, 0.2) is 18.9 Å². The second kappa shape index (κ2) is 54.8. The van der Waals surface area contributed by atoms with Gasteiger partial charge in [-0.1, -0.05) is 34.9 Å². The number of aliphatic hydroxyl groups is 6. The molecule has 47 nitrogen and oxygen atoms in total. The summed E-state index contributed by atoms with van der Waals surface area (Å²) in [4.78, 5) is 72.5. The summed E-state index contributed by atoms with van der Waals surface area (Å²) in [5.41, 5.74) is -3.70. The third-order valence-electron chi connectivity index (χ3n) is 21.0. The van der Waals surface area contributed by atoms with E-state index in [0.29, 0.717) is 148 Å². The number of hydrogen-bond acceptors (Lipinski definition) is 39. The summed E-state index contributed by atoms with van der Waals surface area (Å²) >= 11 is 0. The molecule has 11 N–H and O–H groups in total. The summed E-state index contributed by atoms with van der Waals surface area (Å²) in [6.45, 7) is 9.85. The average molecular weight is 1790 g/mol. The second-order valence-electron chi connectivity index (χ2n) is 31.4. The lowest BCUT2D eigenvalue weighted by atomic mass is 9.88. The van der Waals surface area contributed by atoms with Gasteiger partial charge in [-0.05, 0) is 25.7 Å². The number of carboxylic acid groups (broad SMARTS) is 1. The summed E-state index contributed by atoms with van der Waals surface area (Å²) in [6, 6.07) is -2.74. The Morgan fingerprint density at radius 3 is 0.952 bits per heavy atom. The lowest BCUT2D eigenvalue weighted by molar-refractivity contribution is -0.238. The number of hydrogen-bond donors (Lipinski definition) is 11. The van der Waals surface area contributed by atoms with Crippen LogP contribution in [0.2, 0.25) is 0 Å². The largest absolute Gasteiger partial charge is 0.481 e. The highest BCUT2D eigenvalue weighted by molar-refractivity contribution is 5.78. The Kier molecular flexibility index (Phi) is 44.7. The molecule has 6 aliphatic rings. The van der Waals surface area contributed by atoms with Crippen molar-refractivity contribution in [3.05, 3.63) is 35.7 Å². The number of carbonyl (C=O) groups is 6. The molecule has 4 amide bonds. The van der Waals surface area contributed by atoms with Crippen molar-refractivity contribution >= 4 is 35.4 Å². The fraction of sp³-hybridized carbons (Fsp3) is 0.846. The summed E-state index contributed by atoms with van der Waals surface area (Å²) in [6.07, 6.45) is -0.127. The number of Topliss-reactive ketones (excluding diaryl/α,β-unsaturated/α-hetero) is 1. The zero-order valence-corrected chi connectivity index (χ0v) is 71.6. The molecule has 15 atom stereocenters. The summed E-state index contributed by atoms with van der Waals surface area (Å²) in [5.74, 6) is -2.22. The van der Waals surface area contributed by atoms with Gasteiger partial charge in [-0.15, -0.1) is 15.3 Å². The average Bonchev–Trinajstić information content (AvgIpc) is 1.62. The maximum atomic E-state index is 14.2. The van der Waals surface area contributed by atoms with E-state index < -0.39 is 120 Å². The molecule has 6 aliphatic heterocycles. The zero-order valence-electron chi connectivity index (χ0n) is 71.6. The number of carbonyl (C=O) groups excluding carboxylic acids is 5. The van der Waals surface area contributed by atoms with Crippen molar-refractivity contribution < 1.29 is 164 Å². The van der Waals surface area contributed by atoms with Gasteiger partial charge in [-0.3, -0.25) is 28.8 Å². The van der Waals surface area contributed by atoms with E-state index in [4.69, 9.17) is 105 Å². The number of nitrogens with zero attached hydrogens (tertiary/aromatic N) is 9. The van der Waals surface area contributed by atoms with Gasteiger partial charge in [-0.2, -0.15) is 0 Å². The molecular weight excluding hydrogens is 1660 g/mol. The van der Waals surface area contributed by atoms with Crippen LogP contribution in [-0.2, 0) is 168 Å². The number of carboxylic acids is 1. The highest BCUT2D eigenvalue weighted by Crippen LogP contribution is 2.40. The van der Waals surface area contributed by atoms with Crippen molar-refractivity contribution in [2.24, 2.45) is 0 Å². The van der Waals surface area contributed by atoms with Crippen molar-refractivity contribution in [2.75, 3.05) is 198 Å². The quantitative estimate of drug-likeness (QED) is 0.0237. The fourth-order valence-corrected chi connectivity index (χ4v) is 14.5. The zero-order chi connectivity index (χ0) is 89.1. The number of aromatic nitrogens is 9. The fourth-order valence-electron chi connectivity index (χ4n) is 14.5. The Morgan fingerprint density at radius 1 is 0.384 bits per heavy atom. The van der Waals surface area contributed by atoms with E-state index in [9.17, 15) is 59.4 Å². The highest BCUT2D eigenvalue weighted by atomic mass is 16.8. The number of nitrogens with one attached hydrogen (secondary N) is 4. The summed E-state index contributed by atoms with van der Waals surface area (Å²) < 4.78 is 127. The maximum Gasteiger partial charge on any atom is 0.303 e. The predicted octanol–water partition coefficient (Wildman–Crippen LogP) is -4.53. The minimum atomic E-state index is -1.35. The molecule has 0 saturated carbocycles. The number of fused-ring (bicyclic) bond motifs is 6. The molecule has 3 aromatic rings. The van der Waals surface area contributed by atoms with Crippen LogP contribution in [0.25, 0.3) is 0 Å². The normalized spacial score (nSPS) is 25.6. The number of ether oxygens (including phenoxy) is 21. The number of ketones is 1. The summed E-state index contributed by atoms with van der Waals surface area (Å²) in [5, 5.41) is 110. The molecule has 0 unspecified atom stereocenters. The van der Waals surface area contributed by atoms with E-state index in [1.54, 1.807) is 32.6 Å². The molecule has 0 radical (unpaired) electrons. The van der Waals surface area contributed by atoms with Gasteiger partial charge in [0.2, 0.25) is 23.6 Å². The van der Waals surface area contributed by atoms with Crippen LogP contribution in [0.15, 0.2) is 18.6 Å². The first kappa shape index (κ1) is 102. The van der Waals surface area contributed by atoms with Crippen molar-refractivity contribution in [3.63, 3.8) is 0 Å². The molecule has 47 heteroatoms. The molecule has 710 valence electrons. The number of amides is 4. The second-order valence-corrected chi connectivity index (χ2v) is 31.4. The first-order chi connectivity index (χ1) is 60.5. The van der Waals surface area contributed by atoms with Crippen LogP contribution in [0, 0.1) is 0 Å². The van der Waals surface area contributed by atoms with E-state index in [2.05, 4.69) is 52.2 Å². The van der Waals surface area contributed by atoms with Gasteiger partial charge in [0, 0.05) is 46.5 Å². The molecular formula is C78H129N13O34. The van der Waals surface area contributed by atoms with Crippen LogP contribution in [0.3, 0.4) is 0 Å². The minimum absolute atomic E-state index is 0.0196. The first-order valence-electron chi connectivity index (χ1n) is 42.6. The molecule has 6 bridgehead atoms. The Labute approximate surface area is 723 Å². The van der Waals surface area contributed by atoms with Crippen LogP contribution in [0.5, 0.6) is 0 Å². The van der Waals surface area contributed by atoms with Crippen molar-refractivity contribution in [1.82, 2.24) is 66.2 Å². The molecule has 0 spiro atoms. The van der Waals surface area contributed by atoms with Gasteiger partial charge >= 0.3 is 5.97 Å². The van der Waals surface area contributed by atoms with E-state index in [1.807, 2.05) is 0 Å². The molecule has 9 heterocycles. The van der Waals surface area contributed by atoms with Gasteiger partial charge in [0.1, 0.15) is 100.0 Å². The van der Waals surface area contributed by atoms with Crippen LogP contribution in [-0.4, -0.2) is 410 Å². The smallest absolute Gasteiger partial charge is 0.303 e. The maximum absolute atomic E-state index is 14.2. The van der Waals surface area contributed by atoms with Crippen LogP contribution < -0.4 is 21.3 Å². The van der Waals surface area contributed by atoms with Gasteiger partial charge in [-0.25, -0.2) is 14.0 Å². The molecule has 0 aromatic carbocycles. The van der Waals surface area contributed by atoms with E-state index in [0.717, 1.165) is 6.42 Å². The number of unbranched alkanes of at least 4 members (excludes halogenated alkanes) is 5. The molecule has 6 fully saturated rings. The van der Waals surface area contributed by atoms with Crippen LogP contribution >= 0.6 is 0 Å². The number of aliphatic hydroxyl groups excluding tert-OH is 6. The van der Waals surface area contributed by atoms with Crippen molar-refractivity contribution in [3.8, 4) is 0 Å². The monoisotopic (exact) mass is 1790 g/mol. The Morgan fingerprint density at radius 2 is 0.656 bits per heavy atom. The standard InChI is InChI=1S/C78H129N13O34/c1-54(92)79-63-66(99)69(102)76(51-120-72(63)123-76)48-114-36-33-111-30-27-108-24-21-105-18-15-89-39-57(83-86-89)42-117-45-75(82-61(96)13-9-5-4-7-11-60(95)12-8-6-10-14-62(97)98,46-118-43-58-40-90(87-84-58)16-19-106-22-25-109-28-31-112-34-37-115-49-77-52-121-73(124-77)64(80-55(2)93)67(100)70(77)103)47-119-44-59-41-91(88-85-59)17-20-107-23-26-110-29-32-113-35-38-116-50-78-53-122-74(125-78)65(81-56(3)94)68(101)71(78)104/h39-41,63-74,99-104H,4-38,42-53H2,1-3H3,(H,79,92)(H,80,93)(H,81,94)(H,82,96)(H,97,98)/t63-,64-,65-,66-,67-,68-,69-,70-,71-,72+,73+,74+,76+,77+,78+/m1/s1. The molecule has 9 rings (SSSR count). The molecule has 125 heavy (non-hydrogen) atoms. The highest BCUT2D eigenvalue weighted by Gasteiger charge is 2.62. The Hall–Kier alpha value is -6.64. The first-order valence-corrected chi connectivity index (χ1v) is 42.6. The van der Waals surface area contributed by atoms with E-state index >= 15 is 0 Å². The van der Waals surface area contributed by atoms with Crippen LogP contribution in [0.4, 0.5) is 0 Å². The van der Waals surface area contributed by atoms with Crippen molar-refractivity contribution in [2.45, 2.75) is 227 Å². The SMILES string of the molecule is CC(=O)N[C@H]1[C@H]2OC[C@](COCCOCCOCCOCCn3cc(COCC(COCc4cn(CCOCCOCCOCCOC[C@@]56CO[C@@H](O5)[C@H](NC(C)=O)[C@@H](O)[C@H]6O)nn4)(COCc4cn(CCOCCOCCOCCOC[C@@]56CO[C@@H](O5)[C@H](NC(C)=O)[C@@H](O)[C@H]6O)nn4)NC(=O)CCCCCCC(=O)CCCCCC(=O)O)nn3)(O2)[C@H](O)[C@@H]1O. The Balaban J connectivity index is 0.699. The van der Waals surface area contributed by atoms with E-state index in [1.165, 1.54) is 20.8 Å². The molecule has 6 saturated heterocycles. The third kappa shape index (κ3) is 34.3. The molecule has 3 aromatic heterocycles. The molecule has 0 aliphatic carbocycles. The number of aliphatic carboxylic acids is 1. The topological polar surface area (TPSA) is 578 Å². The Bertz CT molecular complexity index is 3310. The summed E-state index contributed by atoms with van der Waals surface area (Å²) in [7, 11) is 0. The minimum Gasteiger partial charge on any atom is -0.481 e. The van der Waals surface area contributed by atoms with Crippen molar-refractivity contribution in [1.29, 1.82) is 0 Å². The number of rotatable bonds is 71.